The van der Waals surface area contributed by atoms with Gasteiger partial charge in [-0.2, -0.15) is 0 Å². The van der Waals surface area contributed by atoms with Crippen LogP contribution in [-0.2, 0) is 28.1 Å². The van der Waals surface area contributed by atoms with Crippen molar-refractivity contribution in [3.8, 4) is 50.2 Å². The molecule has 16 aromatic rings. The van der Waals surface area contributed by atoms with E-state index in [0.717, 1.165) is 138 Å². The van der Waals surface area contributed by atoms with Crippen LogP contribution in [0.1, 0.15) is 121 Å². The van der Waals surface area contributed by atoms with Crippen molar-refractivity contribution in [2.24, 2.45) is 0 Å². The first-order valence-electron chi connectivity index (χ1n) is 37.8. The van der Waals surface area contributed by atoms with Crippen LogP contribution in [0.3, 0.4) is 0 Å². The lowest BCUT2D eigenvalue weighted by molar-refractivity contribution is 0.590. The third-order valence-corrected chi connectivity index (χ3v) is 23.6. The summed E-state index contributed by atoms with van der Waals surface area (Å²) < 4.78 is 39.4. The fraction of sp³-hybridized carbons (Fsp3) is 0.175. The van der Waals surface area contributed by atoms with Crippen molar-refractivity contribution in [2.45, 2.75) is 111 Å². The van der Waals surface area contributed by atoms with Crippen LogP contribution in [0, 0.1) is 0 Å². The Morgan fingerprint density at radius 3 is 1.48 bits per heavy atom. The summed E-state index contributed by atoms with van der Waals surface area (Å²) in [5.41, 5.74) is 24.2. The quantitative estimate of drug-likeness (QED) is 0.116. The highest BCUT2D eigenvalue weighted by Gasteiger charge is 2.48. The third kappa shape index (κ3) is 9.53. The average molecular weight is 1340 g/mol. The maximum atomic E-state index is 12.0. The fourth-order valence-electron chi connectivity index (χ4n) is 17.1. The molecule has 0 spiro atoms. The van der Waals surface area contributed by atoms with Gasteiger partial charge in [-0.3, -0.25) is 0 Å². The van der Waals surface area contributed by atoms with Crippen LogP contribution in [0.2, 0.25) is 0 Å². The first-order chi connectivity index (χ1) is 50.4. The zero-order valence-electron chi connectivity index (χ0n) is 63.2. The van der Waals surface area contributed by atoms with Gasteiger partial charge in [0.2, 0.25) is 0 Å². The van der Waals surface area contributed by atoms with Gasteiger partial charge >= 0.3 is 0 Å². The zero-order valence-corrected chi connectivity index (χ0v) is 61.0. The van der Waals surface area contributed by atoms with Gasteiger partial charge in [0.25, 0.3) is 6.71 Å². The summed E-state index contributed by atoms with van der Waals surface area (Å²) in [6.07, 6.45) is 5.45. The molecule has 3 aliphatic rings. The van der Waals surface area contributed by atoms with Gasteiger partial charge in [0.05, 0.1) is 32.2 Å². The highest BCUT2D eigenvalue weighted by molar-refractivity contribution is 7.33. The number of fused-ring (bicyclic) bond motifs is 10. The summed E-state index contributed by atoms with van der Waals surface area (Å²) in [7, 11) is 0. The van der Waals surface area contributed by atoms with Gasteiger partial charge in [-0.25, -0.2) is 0 Å². The first-order valence-corrected chi connectivity index (χ1v) is 37.1. The Morgan fingerprint density at radius 2 is 0.912 bits per heavy atom. The van der Waals surface area contributed by atoms with Crippen molar-refractivity contribution in [3.05, 3.63) is 294 Å². The van der Waals surface area contributed by atoms with E-state index in [9.17, 15) is 4.11 Å². The number of thiophene rings is 1. The maximum Gasteiger partial charge on any atom is 0.264 e. The van der Waals surface area contributed by atoms with Crippen LogP contribution < -0.4 is 25.5 Å². The second kappa shape index (κ2) is 22.4. The normalized spacial score (nSPS) is 14.2. The van der Waals surface area contributed by atoms with Crippen molar-refractivity contribution in [1.29, 1.82) is 0 Å². The Hall–Kier alpha value is -10.7. The molecule has 494 valence electrons. The second-order valence-corrected chi connectivity index (χ2v) is 34.0. The van der Waals surface area contributed by atoms with E-state index in [-0.39, 0.29) is 34.4 Å². The minimum atomic E-state index is -0.623. The molecule has 0 N–H and O–H groups in total. The molecule has 1 aliphatic carbocycles. The van der Waals surface area contributed by atoms with Crippen LogP contribution in [-0.4, -0.2) is 11.3 Å². The van der Waals surface area contributed by atoms with E-state index >= 15 is 0 Å². The van der Waals surface area contributed by atoms with E-state index in [2.05, 4.69) is 346 Å². The average Bonchev–Trinajstić information content (AvgIpc) is 1.67. The van der Waals surface area contributed by atoms with Gasteiger partial charge in [0.15, 0.2) is 0 Å². The van der Waals surface area contributed by atoms with Gasteiger partial charge in [-0.05, 0) is 194 Å². The topological polar surface area (TPSA) is 11.4 Å². The standard InChI is InChI=1S/C97H82BN3S/c1-94(2,3)66-43-46-72-84(56-66)102-93-92(72)101(91-76(60-32-21-15-22-33-60)52-68(96(7,8)9)53-77(91)61-34-23-16-24-35-61)83-55-69(97(10,11)12)54-82-88(83)98(93)79-47-44-70(57-81(79)100(82)90-74(58-28-17-13-18-29-58)50-67(95(4,5)6)51-75(90)59-30-19-14-20-31-59)99-80-39-26-25-38-71(80)78-49-65-48-64-37-27-36-62-40-41-63-42-45-73(89(78)99)86(65)87(63)85(62)64/h13-35,37-57H,36H2,1-12H3/i44D,47D,57D. The molecule has 2 aliphatic heterocycles. The van der Waals surface area contributed by atoms with E-state index < -0.39 is 12.1 Å². The third-order valence-electron chi connectivity index (χ3n) is 22.4. The van der Waals surface area contributed by atoms with Gasteiger partial charge in [0, 0.05) is 76.0 Å². The molecule has 0 saturated heterocycles. The number of allylic oxidation sites excluding steroid dienone is 1. The van der Waals surface area contributed by atoms with E-state index in [1.54, 1.807) is 0 Å². The molecule has 0 radical (unpaired) electrons. The SMILES string of the molecule is [2H]c1c([2H])c(-n2c3ccccc3c3cc4cc5c6c(ccc7ccc(c4c76)c32)CC=C5)c([2H])c2c1B1c3sc4cc(C(C)(C)C)ccc4c3N(c3c(-c4ccccc4)cc(C(C)(C)C)cc3-c3ccccc3)c3cc(C(C)(C)C)cc(c31)N2c1c(-c2ccccc2)cc(C(C)(C)C)cc1-c1ccccc1. The lowest BCUT2D eigenvalue weighted by Gasteiger charge is -2.46. The number of anilines is 6. The minimum absolute atomic E-state index is 0.0118. The van der Waals surface area contributed by atoms with Crippen LogP contribution in [0.25, 0.3) is 120 Å². The number of nitrogens with zero attached hydrogens (tertiary/aromatic N) is 3. The number of para-hydroxylation sites is 1. The molecule has 0 fully saturated rings. The second-order valence-electron chi connectivity index (χ2n) is 33.0. The van der Waals surface area contributed by atoms with Gasteiger partial charge in [-0.15, -0.1) is 11.3 Å². The molecular formula is C97H82BN3S. The Morgan fingerprint density at radius 1 is 0.402 bits per heavy atom. The Labute approximate surface area is 608 Å². The summed E-state index contributed by atoms with van der Waals surface area (Å²) >= 11 is 1.82. The number of hydrogen-bond acceptors (Lipinski definition) is 3. The van der Waals surface area contributed by atoms with Crippen LogP contribution in [0.5, 0.6) is 0 Å². The van der Waals surface area contributed by atoms with Gasteiger partial charge < -0.3 is 14.4 Å². The van der Waals surface area contributed by atoms with Crippen LogP contribution in [0.15, 0.2) is 261 Å². The maximum absolute atomic E-state index is 12.0. The number of benzene rings is 14. The van der Waals surface area contributed by atoms with E-state index in [1.807, 2.05) is 11.3 Å². The van der Waals surface area contributed by atoms with Crippen molar-refractivity contribution < 1.29 is 4.11 Å². The summed E-state index contributed by atoms with van der Waals surface area (Å²) in [5.74, 6) is 0. The predicted octanol–water partition coefficient (Wildman–Crippen LogP) is 25.4. The van der Waals surface area contributed by atoms with Gasteiger partial charge in [-0.1, -0.05) is 277 Å². The molecule has 0 unspecified atom stereocenters. The molecule has 5 heteroatoms. The van der Waals surface area contributed by atoms with E-state index in [1.165, 1.54) is 49.4 Å². The molecule has 2 aromatic heterocycles. The predicted molar refractivity (Wildman–Crippen MR) is 443 cm³/mol. The summed E-state index contributed by atoms with van der Waals surface area (Å²) in [6, 6.07) is 88.3. The lowest BCUT2D eigenvalue weighted by Crippen LogP contribution is -2.60. The molecule has 4 heterocycles. The lowest BCUT2D eigenvalue weighted by atomic mass is 9.36. The van der Waals surface area contributed by atoms with Crippen LogP contribution in [0.4, 0.5) is 34.1 Å². The molecule has 0 amide bonds. The molecule has 0 bridgehead atoms. The van der Waals surface area contributed by atoms with Crippen LogP contribution >= 0.6 is 11.3 Å². The fourth-order valence-corrected chi connectivity index (χ4v) is 18.4. The monoisotopic (exact) mass is 1330 g/mol. The smallest absolute Gasteiger partial charge is 0.264 e. The minimum Gasteiger partial charge on any atom is -0.310 e. The number of rotatable bonds is 7. The highest BCUT2D eigenvalue weighted by Crippen LogP contribution is 2.58. The molecule has 14 aromatic carbocycles. The first kappa shape index (κ1) is 59.0. The van der Waals surface area contributed by atoms with Crippen molar-refractivity contribution in [3.63, 3.8) is 0 Å². The molecule has 19 rings (SSSR count). The zero-order chi connectivity index (χ0) is 72.2. The summed E-state index contributed by atoms with van der Waals surface area (Å²) in [4.78, 5) is 5.10. The Balaban J connectivity index is 1.03. The number of aromatic nitrogens is 1. The largest absolute Gasteiger partial charge is 0.310 e. The Kier molecular flexibility index (Phi) is 13.0. The molecular weight excluding hydrogens is 1250 g/mol. The summed E-state index contributed by atoms with van der Waals surface area (Å²) in [6.45, 7) is 27.2. The van der Waals surface area contributed by atoms with E-state index in [0.29, 0.717) is 16.8 Å². The van der Waals surface area contributed by atoms with E-state index in [4.69, 9.17) is 0 Å². The van der Waals surface area contributed by atoms with Crippen molar-refractivity contribution in [2.75, 3.05) is 9.80 Å². The van der Waals surface area contributed by atoms with Gasteiger partial charge in [0.1, 0.15) is 0 Å². The molecule has 3 nitrogen and oxygen atoms in total. The molecule has 0 saturated carbocycles. The summed E-state index contributed by atoms with van der Waals surface area (Å²) in [5, 5.41) is 10.3. The number of hydrogen-bond donors (Lipinski definition) is 0. The van der Waals surface area contributed by atoms with Crippen molar-refractivity contribution in [1.82, 2.24) is 4.57 Å². The Bertz CT molecular complexity index is 6260. The van der Waals surface area contributed by atoms with Crippen molar-refractivity contribution >= 4 is 138 Å². The highest BCUT2D eigenvalue weighted by atomic mass is 32.1. The molecule has 102 heavy (non-hydrogen) atoms. The molecule has 0 atom stereocenters.